The molecule has 1 saturated heterocycles. The van der Waals surface area contributed by atoms with Gasteiger partial charge in [0.15, 0.2) is 5.65 Å². The monoisotopic (exact) mass is 336 g/mol. The number of piperidine rings is 1. The van der Waals surface area contributed by atoms with Crippen LogP contribution < -0.4 is 5.32 Å². The molecule has 0 radical (unpaired) electrons. The van der Waals surface area contributed by atoms with E-state index in [1.165, 1.54) is 17.7 Å². The lowest BCUT2D eigenvalue weighted by atomic mass is 9.92. The summed E-state index contributed by atoms with van der Waals surface area (Å²) < 4.78 is 16.2. The molecule has 0 atom stereocenters. The van der Waals surface area contributed by atoms with Crippen LogP contribution in [0.1, 0.15) is 24.3 Å². The first-order valence-corrected chi connectivity index (χ1v) is 7.58. The number of hydrogen-bond acceptors (Lipinski definition) is 2. The van der Waals surface area contributed by atoms with Crippen LogP contribution in [0, 0.1) is 5.82 Å². The molecule has 0 amide bonds. The first-order chi connectivity index (χ1) is 9.74. The van der Waals surface area contributed by atoms with Crippen molar-refractivity contribution in [3.05, 3.63) is 34.2 Å². The highest BCUT2D eigenvalue weighted by molar-refractivity contribution is 9.10. The minimum atomic E-state index is -0.270. The molecule has 0 unspecified atom stereocenters. The molecule has 0 aliphatic carbocycles. The van der Waals surface area contributed by atoms with Crippen LogP contribution in [-0.4, -0.2) is 27.7 Å². The number of hydrogen-bond donors (Lipinski definition) is 2. The summed E-state index contributed by atoms with van der Waals surface area (Å²) in [6.07, 6.45) is 4.27. The van der Waals surface area contributed by atoms with E-state index < -0.39 is 0 Å². The fourth-order valence-corrected chi connectivity index (χ4v) is 3.68. The Balaban J connectivity index is 1.94. The quantitative estimate of drug-likeness (QED) is 0.716. The summed E-state index contributed by atoms with van der Waals surface area (Å²) in [6, 6.07) is 2.95. The van der Waals surface area contributed by atoms with E-state index in [0.717, 1.165) is 41.6 Å². The second-order valence-electron chi connectivity index (χ2n) is 5.28. The standard InChI is InChI=1S/C14H14BrFN4/c15-11-5-9(16)6-12-13(11)20-14(19-12)10(7-18-20)8-1-3-17-4-2-8/h5-8,17-18H,1-4H2. The minimum absolute atomic E-state index is 0.270. The highest BCUT2D eigenvalue weighted by atomic mass is 79.9. The molecular formula is C14H14BrFN4. The van der Waals surface area contributed by atoms with E-state index >= 15 is 0 Å². The fourth-order valence-electron chi connectivity index (χ4n) is 3.08. The summed E-state index contributed by atoms with van der Waals surface area (Å²) in [5.74, 6) is 0.249. The Morgan fingerprint density at radius 3 is 2.90 bits per heavy atom. The lowest BCUT2D eigenvalue weighted by Gasteiger charge is -2.21. The van der Waals surface area contributed by atoms with Crippen LogP contribution in [0.4, 0.5) is 4.39 Å². The molecule has 2 N–H and O–H groups in total. The molecule has 0 spiro atoms. The van der Waals surface area contributed by atoms with Gasteiger partial charge in [-0.3, -0.25) is 5.10 Å². The number of aromatic amines is 1. The number of rotatable bonds is 1. The third-order valence-electron chi connectivity index (χ3n) is 4.06. The molecule has 3 aromatic rings. The van der Waals surface area contributed by atoms with E-state index in [1.807, 2.05) is 10.7 Å². The number of benzene rings is 1. The molecule has 1 fully saturated rings. The molecule has 20 heavy (non-hydrogen) atoms. The average molecular weight is 337 g/mol. The zero-order valence-electron chi connectivity index (χ0n) is 10.8. The maximum absolute atomic E-state index is 13.5. The van der Waals surface area contributed by atoms with E-state index in [1.54, 1.807) is 0 Å². The maximum Gasteiger partial charge on any atom is 0.157 e. The van der Waals surface area contributed by atoms with Crippen LogP contribution in [0.2, 0.25) is 0 Å². The van der Waals surface area contributed by atoms with Crippen molar-refractivity contribution in [1.29, 1.82) is 0 Å². The highest BCUT2D eigenvalue weighted by Gasteiger charge is 2.21. The lowest BCUT2D eigenvalue weighted by Crippen LogP contribution is -2.26. The highest BCUT2D eigenvalue weighted by Crippen LogP contribution is 2.32. The summed E-state index contributed by atoms with van der Waals surface area (Å²) in [5, 5.41) is 6.62. The largest absolute Gasteiger partial charge is 0.317 e. The van der Waals surface area contributed by atoms with Gasteiger partial charge >= 0.3 is 0 Å². The summed E-state index contributed by atoms with van der Waals surface area (Å²) in [5.41, 5.74) is 3.72. The van der Waals surface area contributed by atoms with Gasteiger partial charge in [-0.15, -0.1) is 0 Å². The number of nitrogens with one attached hydrogen (secondary N) is 2. The Morgan fingerprint density at radius 2 is 2.10 bits per heavy atom. The second kappa shape index (κ2) is 4.56. The van der Waals surface area contributed by atoms with Gasteiger partial charge in [-0.05, 0) is 53.8 Å². The van der Waals surface area contributed by atoms with Gasteiger partial charge in [-0.1, -0.05) is 0 Å². The Kier molecular flexibility index (Phi) is 2.82. The van der Waals surface area contributed by atoms with Crippen LogP contribution in [0.15, 0.2) is 22.8 Å². The summed E-state index contributed by atoms with van der Waals surface area (Å²) in [4.78, 5) is 4.61. The molecule has 1 aliphatic heterocycles. The van der Waals surface area contributed by atoms with Crippen LogP contribution in [0.5, 0.6) is 0 Å². The number of imidazole rings is 1. The summed E-state index contributed by atoms with van der Waals surface area (Å²) >= 11 is 3.42. The van der Waals surface area contributed by atoms with Gasteiger partial charge in [0.25, 0.3) is 0 Å². The van der Waals surface area contributed by atoms with Crippen molar-refractivity contribution in [3.8, 4) is 0 Å². The van der Waals surface area contributed by atoms with Crippen molar-refractivity contribution >= 4 is 32.6 Å². The van der Waals surface area contributed by atoms with E-state index in [2.05, 4.69) is 31.3 Å². The van der Waals surface area contributed by atoms with Crippen molar-refractivity contribution in [2.45, 2.75) is 18.8 Å². The number of aromatic nitrogens is 3. The molecule has 0 bridgehead atoms. The molecule has 3 heterocycles. The summed E-state index contributed by atoms with van der Waals surface area (Å²) in [6.45, 7) is 2.08. The third-order valence-corrected chi connectivity index (χ3v) is 4.66. The van der Waals surface area contributed by atoms with E-state index in [4.69, 9.17) is 0 Å². The normalized spacial score (nSPS) is 17.3. The first kappa shape index (κ1) is 12.3. The van der Waals surface area contributed by atoms with Crippen molar-refractivity contribution in [2.24, 2.45) is 0 Å². The van der Waals surface area contributed by atoms with Gasteiger partial charge in [-0.25, -0.2) is 13.9 Å². The van der Waals surface area contributed by atoms with Crippen molar-refractivity contribution < 1.29 is 4.39 Å². The van der Waals surface area contributed by atoms with Gasteiger partial charge in [0.2, 0.25) is 0 Å². The Labute approximate surface area is 123 Å². The van der Waals surface area contributed by atoms with Crippen molar-refractivity contribution in [2.75, 3.05) is 13.1 Å². The topological polar surface area (TPSA) is 45.1 Å². The number of nitrogens with zero attached hydrogens (tertiary/aromatic N) is 2. The van der Waals surface area contributed by atoms with Gasteiger partial charge in [0, 0.05) is 22.3 Å². The molecule has 104 valence electrons. The molecule has 4 rings (SSSR count). The molecule has 1 aliphatic rings. The molecule has 2 aromatic heterocycles. The van der Waals surface area contributed by atoms with Crippen LogP contribution in [0.3, 0.4) is 0 Å². The SMILES string of the molecule is Fc1cc(Br)c2c(c1)nc1c(C3CCNCC3)c[nH]n12. The smallest absolute Gasteiger partial charge is 0.157 e. The number of halogens is 2. The van der Waals surface area contributed by atoms with Crippen molar-refractivity contribution in [1.82, 2.24) is 19.9 Å². The Hall–Kier alpha value is -1.40. The van der Waals surface area contributed by atoms with E-state index in [-0.39, 0.29) is 5.82 Å². The van der Waals surface area contributed by atoms with Gasteiger partial charge < -0.3 is 5.32 Å². The zero-order chi connectivity index (χ0) is 13.7. The third kappa shape index (κ3) is 1.78. The van der Waals surface area contributed by atoms with E-state index in [9.17, 15) is 4.39 Å². The predicted molar refractivity (Wildman–Crippen MR) is 79.6 cm³/mol. The number of H-pyrrole nitrogens is 1. The summed E-state index contributed by atoms with van der Waals surface area (Å²) in [7, 11) is 0. The molecule has 0 saturated carbocycles. The Bertz CT molecular complexity index is 785. The van der Waals surface area contributed by atoms with Crippen LogP contribution >= 0.6 is 15.9 Å². The lowest BCUT2D eigenvalue weighted by molar-refractivity contribution is 0.462. The first-order valence-electron chi connectivity index (χ1n) is 6.79. The average Bonchev–Trinajstić information content (AvgIpc) is 2.97. The molecule has 6 heteroatoms. The van der Waals surface area contributed by atoms with Gasteiger partial charge in [-0.2, -0.15) is 0 Å². The number of fused-ring (bicyclic) bond motifs is 3. The molecular weight excluding hydrogens is 323 g/mol. The van der Waals surface area contributed by atoms with E-state index in [0.29, 0.717) is 11.4 Å². The minimum Gasteiger partial charge on any atom is -0.317 e. The van der Waals surface area contributed by atoms with Gasteiger partial charge in [0.05, 0.1) is 5.52 Å². The Morgan fingerprint density at radius 1 is 1.30 bits per heavy atom. The van der Waals surface area contributed by atoms with Crippen LogP contribution in [0.25, 0.3) is 16.7 Å². The van der Waals surface area contributed by atoms with Gasteiger partial charge in [0.1, 0.15) is 11.3 Å². The fraction of sp³-hybridized carbons (Fsp3) is 0.357. The predicted octanol–water partition coefficient (Wildman–Crippen LogP) is 3.18. The van der Waals surface area contributed by atoms with Crippen LogP contribution in [-0.2, 0) is 0 Å². The second-order valence-corrected chi connectivity index (χ2v) is 6.13. The molecule has 4 nitrogen and oxygen atoms in total. The van der Waals surface area contributed by atoms with Crippen molar-refractivity contribution in [3.63, 3.8) is 0 Å². The maximum atomic E-state index is 13.5. The molecule has 1 aromatic carbocycles. The zero-order valence-corrected chi connectivity index (χ0v) is 12.4.